The van der Waals surface area contributed by atoms with Gasteiger partial charge in [-0.05, 0) is 24.6 Å². The monoisotopic (exact) mass is 305 g/mol. The van der Waals surface area contributed by atoms with Crippen LogP contribution < -0.4 is 5.32 Å². The van der Waals surface area contributed by atoms with Gasteiger partial charge in [0.1, 0.15) is 10.8 Å². The predicted octanol–water partition coefficient (Wildman–Crippen LogP) is 3.46. The number of aromatic nitrogens is 1. The van der Waals surface area contributed by atoms with Gasteiger partial charge in [0.05, 0.1) is 4.92 Å². The van der Waals surface area contributed by atoms with Crippen molar-refractivity contribution < 1.29 is 9.72 Å². The number of halogens is 1. The summed E-state index contributed by atoms with van der Waals surface area (Å²) in [4.78, 5) is 26.4. The SMILES string of the molecule is CCc1ccc(NC(=O)c2cccc(Cl)n2)cc1[N+](=O)[O-]. The lowest BCUT2D eigenvalue weighted by Gasteiger charge is -2.06. The standard InChI is InChI=1S/C14H12ClN3O3/c1-2-9-6-7-10(8-12(9)18(20)21)16-14(19)11-4-3-5-13(15)17-11/h3-8H,2H2,1H3,(H,16,19). The lowest BCUT2D eigenvalue weighted by Crippen LogP contribution is -2.13. The Morgan fingerprint density at radius 1 is 1.38 bits per heavy atom. The summed E-state index contributed by atoms with van der Waals surface area (Å²) in [5.41, 5.74) is 1.07. The van der Waals surface area contributed by atoms with E-state index in [4.69, 9.17) is 11.6 Å². The molecule has 21 heavy (non-hydrogen) atoms. The molecule has 2 rings (SSSR count). The quantitative estimate of drug-likeness (QED) is 0.532. The summed E-state index contributed by atoms with van der Waals surface area (Å²) >= 11 is 5.72. The van der Waals surface area contributed by atoms with E-state index in [1.165, 1.54) is 12.1 Å². The van der Waals surface area contributed by atoms with Gasteiger partial charge in [-0.3, -0.25) is 14.9 Å². The van der Waals surface area contributed by atoms with E-state index in [9.17, 15) is 14.9 Å². The molecule has 1 heterocycles. The van der Waals surface area contributed by atoms with Gasteiger partial charge in [0, 0.05) is 17.3 Å². The summed E-state index contributed by atoms with van der Waals surface area (Å²) in [7, 11) is 0. The van der Waals surface area contributed by atoms with E-state index < -0.39 is 10.8 Å². The molecule has 0 spiro atoms. The fraction of sp³-hybridized carbons (Fsp3) is 0.143. The number of benzene rings is 1. The molecule has 1 aromatic carbocycles. The number of carbonyl (C=O) groups is 1. The van der Waals surface area contributed by atoms with E-state index in [-0.39, 0.29) is 16.5 Å². The highest BCUT2D eigenvalue weighted by molar-refractivity contribution is 6.29. The zero-order valence-corrected chi connectivity index (χ0v) is 11.9. The maximum Gasteiger partial charge on any atom is 0.274 e. The molecular weight excluding hydrogens is 294 g/mol. The highest BCUT2D eigenvalue weighted by atomic mass is 35.5. The maximum atomic E-state index is 12.0. The number of hydrogen-bond acceptors (Lipinski definition) is 4. The van der Waals surface area contributed by atoms with Gasteiger partial charge in [-0.1, -0.05) is 30.7 Å². The van der Waals surface area contributed by atoms with Gasteiger partial charge in [0.2, 0.25) is 0 Å². The van der Waals surface area contributed by atoms with E-state index in [0.717, 1.165) is 0 Å². The topological polar surface area (TPSA) is 85.1 Å². The lowest BCUT2D eigenvalue weighted by molar-refractivity contribution is -0.385. The van der Waals surface area contributed by atoms with Crippen LogP contribution >= 0.6 is 11.6 Å². The Balaban J connectivity index is 2.25. The first kappa shape index (κ1) is 14.9. The van der Waals surface area contributed by atoms with Crippen LogP contribution in [0.1, 0.15) is 23.0 Å². The van der Waals surface area contributed by atoms with Crippen molar-refractivity contribution >= 4 is 28.9 Å². The van der Waals surface area contributed by atoms with E-state index in [1.54, 1.807) is 24.3 Å². The van der Waals surface area contributed by atoms with Gasteiger partial charge in [-0.25, -0.2) is 4.98 Å². The molecule has 0 saturated heterocycles. The number of nitrogens with zero attached hydrogens (tertiary/aromatic N) is 2. The first-order valence-corrected chi connectivity index (χ1v) is 6.60. The zero-order chi connectivity index (χ0) is 15.4. The van der Waals surface area contributed by atoms with E-state index >= 15 is 0 Å². The van der Waals surface area contributed by atoms with Gasteiger partial charge in [0.25, 0.3) is 11.6 Å². The highest BCUT2D eigenvalue weighted by Gasteiger charge is 2.15. The zero-order valence-electron chi connectivity index (χ0n) is 11.2. The van der Waals surface area contributed by atoms with Crippen molar-refractivity contribution in [2.24, 2.45) is 0 Å². The van der Waals surface area contributed by atoms with Crippen LogP contribution in [0.3, 0.4) is 0 Å². The molecule has 2 aromatic rings. The summed E-state index contributed by atoms with van der Waals surface area (Å²) in [6.45, 7) is 1.83. The number of rotatable bonds is 4. The van der Waals surface area contributed by atoms with Crippen molar-refractivity contribution in [3.8, 4) is 0 Å². The minimum absolute atomic E-state index is 0.0191. The van der Waals surface area contributed by atoms with Crippen molar-refractivity contribution in [2.75, 3.05) is 5.32 Å². The third-order valence-electron chi connectivity index (χ3n) is 2.87. The number of pyridine rings is 1. The number of amides is 1. The fourth-order valence-electron chi connectivity index (χ4n) is 1.84. The second-order valence-corrected chi connectivity index (χ2v) is 4.64. The predicted molar refractivity (Wildman–Crippen MR) is 79.7 cm³/mol. The Bertz CT molecular complexity index is 704. The minimum Gasteiger partial charge on any atom is -0.320 e. The Kier molecular flexibility index (Phi) is 4.49. The first-order valence-electron chi connectivity index (χ1n) is 6.22. The fourth-order valence-corrected chi connectivity index (χ4v) is 2.00. The molecule has 108 valence electrons. The van der Waals surface area contributed by atoms with Gasteiger partial charge in [-0.15, -0.1) is 0 Å². The molecule has 0 radical (unpaired) electrons. The van der Waals surface area contributed by atoms with Crippen molar-refractivity contribution in [1.82, 2.24) is 4.98 Å². The summed E-state index contributed by atoms with van der Waals surface area (Å²) in [5.74, 6) is -0.476. The van der Waals surface area contributed by atoms with Crippen LogP contribution in [-0.4, -0.2) is 15.8 Å². The Morgan fingerprint density at radius 3 is 2.76 bits per heavy atom. The first-order chi connectivity index (χ1) is 10.0. The normalized spacial score (nSPS) is 10.2. The van der Waals surface area contributed by atoms with E-state index in [1.807, 2.05) is 6.92 Å². The van der Waals surface area contributed by atoms with Gasteiger partial charge in [0.15, 0.2) is 0 Å². The second kappa shape index (κ2) is 6.32. The number of hydrogen-bond donors (Lipinski definition) is 1. The molecule has 0 atom stereocenters. The smallest absolute Gasteiger partial charge is 0.274 e. The van der Waals surface area contributed by atoms with Gasteiger partial charge < -0.3 is 5.32 Å². The molecule has 6 nitrogen and oxygen atoms in total. The Labute approximate surface area is 125 Å². The molecule has 0 saturated carbocycles. The molecule has 0 unspecified atom stereocenters. The third-order valence-corrected chi connectivity index (χ3v) is 3.08. The second-order valence-electron chi connectivity index (χ2n) is 4.25. The molecule has 7 heteroatoms. The van der Waals surface area contributed by atoms with Crippen LogP contribution in [0.25, 0.3) is 0 Å². The van der Waals surface area contributed by atoms with Crippen LogP contribution in [0.5, 0.6) is 0 Å². The molecule has 0 bridgehead atoms. The number of nitrogens with one attached hydrogen (secondary N) is 1. The third kappa shape index (κ3) is 3.55. The lowest BCUT2D eigenvalue weighted by atomic mass is 10.1. The summed E-state index contributed by atoms with van der Waals surface area (Å²) in [6, 6.07) is 9.25. The highest BCUT2D eigenvalue weighted by Crippen LogP contribution is 2.24. The molecule has 1 N–H and O–H groups in total. The molecule has 0 aliphatic heterocycles. The molecular formula is C14H12ClN3O3. The van der Waals surface area contributed by atoms with Crippen LogP contribution in [0, 0.1) is 10.1 Å². The van der Waals surface area contributed by atoms with E-state index in [2.05, 4.69) is 10.3 Å². The number of nitro benzene ring substituents is 1. The van der Waals surface area contributed by atoms with Crippen LogP contribution in [0.2, 0.25) is 5.15 Å². The van der Waals surface area contributed by atoms with E-state index in [0.29, 0.717) is 17.7 Å². The summed E-state index contributed by atoms with van der Waals surface area (Å²) < 4.78 is 0. The summed E-state index contributed by atoms with van der Waals surface area (Å²) in [5, 5.41) is 13.8. The molecule has 0 aliphatic carbocycles. The minimum atomic E-state index is -0.476. The average molecular weight is 306 g/mol. The Hall–Kier alpha value is -2.47. The molecule has 1 amide bonds. The maximum absolute atomic E-state index is 12.0. The number of nitro groups is 1. The molecule has 0 aliphatic rings. The molecule has 1 aromatic heterocycles. The number of aryl methyl sites for hydroxylation is 1. The largest absolute Gasteiger partial charge is 0.320 e. The number of carbonyl (C=O) groups excluding carboxylic acids is 1. The Morgan fingerprint density at radius 2 is 2.14 bits per heavy atom. The van der Waals surface area contributed by atoms with Crippen molar-refractivity contribution in [1.29, 1.82) is 0 Å². The van der Waals surface area contributed by atoms with Gasteiger partial charge >= 0.3 is 0 Å². The average Bonchev–Trinajstić information content (AvgIpc) is 2.47. The van der Waals surface area contributed by atoms with Crippen molar-refractivity contribution in [2.45, 2.75) is 13.3 Å². The number of anilines is 1. The van der Waals surface area contributed by atoms with Crippen LogP contribution in [0.15, 0.2) is 36.4 Å². The van der Waals surface area contributed by atoms with Crippen molar-refractivity contribution in [3.63, 3.8) is 0 Å². The summed E-state index contributed by atoms with van der Waals surface area (Å²) in [6.07, 6.45) is 0.542. The van der Waals surface area contributed by atoms with Crippen LogP contribution in [0.4, 0.5) is 11.4 Å². The van der Waals surface area contributed by atoms with Gasteiger partial charge in [-0.2, -0.15) is 0 Å². The molecule has 0 fully saturated rings. The van der Waals surface area contributed by atoms with Crippen LogP contribution in [-0.2, 0) is 6.42 Å². The van der Waals surface area contributed by atoms with Crippen molar-refractivity contribution in [3.05, 3.63) is 62.9 Å².